The first-order valence-electron chi connectivity index (χ1n) is 7.40. The van der Waals surface area contributed by atoms with Crippen LogP contribution in [-0.2, 0) is 17.6 Å². The molecule has 0 saturated heterocycles. The number of aryl methyl sites for hydroxylation is 1. The van der Waals surface area contributed by atoms with Crippen LogP contribution in [-0.4, -0.2) is 39.3 Å². The van der Waals surface area contributed by atoms with Crippen LogP contribution in [0.4, 0.5) is 0 Å². The summed E-state index contributed by atoms with van der Waals surface area (Å²) in [6, 6.07) is 8.80. The lowest BCUT2D eigenvalue weighted by molar-refractivity contribution is 0.152. The smallest absolute Gasteiger partial charge is 0.191 e. The standard InChI is InChI=1S/C16H27N3O.HI/c1-4-14-6-8-15(9-7-14)10-11-18-16(17-3)19-12-13-20-5-2;/h6-9H,4-5,10-13H2,1-3H3,(H2,17,18,19);1H. The average Bonchev–Trinajstić information content (AvgIpc) is 2.50. The summed E-state index contributed by atoms with van der Waals surface area (Å²) in [7, 11) is 1.78. The van der Waals surface area contributed by atoms with Crippen molar-refractivity contribution in [3.63, 3.8) is 0 Å². The van der Waals surface area contributed by atoms with Crippen molar-refractivity contribution in [2.45, 2.75) is 26.7 Å². The summed E-state index contributed by atoms with van der Waals surface area (Å²) < 4.78 is 5.28. The molecular formula is C16H28IN3O. The summed E-state index contributed by atoms with van der Waals surface area (Å²) in [5.41, 5.74) is 2.73. The van der Waals surface area contributed by atoms with E-state index in [2.05, 4.69) is 46.8 Å². The zero-order valence-corrected chi connectivity index (χ0v) is 15.6. The van der Waals surface area contributed by atoms with Crippen LogP contribution < -0.4 is 10.6 Å². The highest BCUT2D eigenvalue weighted by Gasteiger charge is 1.98. The molecule has 0 unspecified atom stereocenters. The third-order valence-electron chi connectivity index (χ3n) is 3.10. The molecule has 0 atom stereocenters. The normalized spacial score (nSPS) is 10.9. The van der Waals surface area contributed by atoms with Gasteiger partial charge < -0.3 is 15.4 Å². The number of aliphatic imine (C=N–C) groups is 1. The molecule has 0 radical (unpaired) electrons. The Balaban J connectivity index is 0.00000400. The van der Waals surface area contributed by atoms with Crippen molar-refractivity contribution in [2.24, 2.45) is 4.99 Å². The Bertz CT molecular complexity index is 393. The minimum absolute atomic E-state index is 0. The molecule has 0 aliphatic heterocycles. The minimum Gasteiger partial charge on any atom is -0.380 e. The number of guanidine groups is 1. The van der Waals surface area contributed by atoms with Gasteiger partial charge in [0, 0.05) is 26.7 Å². The summed E-state index contributed by atoms with van der Waals surface area (Å²) in [4.78, 5) is 4.18. The van der Waals surface area contributed by atoms with Crippen molar-refractivity contribution in [3.8, 4) is 0 Å². The number of ether oxygens (including phenoxy) is 1. The van der Waals surface area contributed by atoms with Crippen molar-refractivity contribution in [1.29, 1.82) is 0 Å². The first-order chi connectivity index (χ1) is 9.80. The first-order valence-corrected chi connectivity index (χ1v) is 7.40. The Morgan fingerprint density at radius 3 is 2.24 bits per heavy atom. The van der Waals surface area contributed by atoms with E-state index >= 15 is 0 Å². The molecule has 0 aliphatic carbocycles. The largest absolute Gasteiger partial charge is 0.380 e. The molecule has 0 aliphatic rings. The van der Waals surface area contributed by atoms with Crippen molar-refractivity contribution in [2.75, 3.05) is 33.4 Å². The second-order valence-corrected chi connectivity index (χ2v) is 4.54. The van der Waals surface area contributed by atoms with Crippen LogP contribution >= 0.6 is 24.0 Å². The zero-order chi connectivity index (χ0) is 14.6. The Hall–Kier alpha value is -0.820. The number of hydrogen-bond acceptors (Lipinski definition) is 2. The third kappa shape index (κ3) is 8.93. The van der Waals surface area contributed by atoms with E-state index in [1.165, 1.54) is 11.1 Å². The van der Waals surface area contributed by atoms with E-state index in [1.54, 1.807) is 7.05 Å². The predicted molar refractivity (Wildman–Crippen MR) is 101 cm³/mol. The van der Waals surface area contributed by atoms with E-state index < -0.39 is 0 Å². The molecule has 120 valence electrons. The molecule has 0 bridgehead atoms. The van der Waals surface area contributed by atoms with E-state index in [4.69, 9.17) is 4.74 Å². The van der Waals surface area contributed by atoms with Gasteiger partial charge in [-0.25, -0.2) is 0 Å². The van der Waals surface area contributed by atoms with Crippen LogP contribution in [0, 0.1) is 0 Å². The van der Waals surface area contributed by atoms with E-state index in [0.717, 1.165) is 38.5 Å². The second-order valence-electron chi connectivity index (χ2n) is 4.54. The molecule has 0 heterocycles. The van der Waals surface area contributed by atoms with E-state index in [-0.39, 0.29) is 24.0 Å². The molecule has 0 amide bonds. The monoisotopic (exact) mass is 405 g/mol. The fourth-order valence-corrected chi connectivity index (χ4v) is 1.87. The van der Waals surface area contributed by atoms with Crippen molar-refractivity contribution in [3.05, 3.63) is 35.4 Å². The number of rotatable bonds is 8. The van der Waals surface area contributed by atoms with E-state index in [0.29, 0.717) is 6.61 Å². The van der Waals surface area contributed by atoms with Gasteiger partial charge in [0.25, 0.3) is 0 Å². The van der Waals surface area contributed by atoms with Gasteiger partial charge in [-0.3, -0.25) is 4.99 Å². The molecule has 1 aromatic rings. The fraction of sp³-hybridized carbons (Fsp3) is 0.562. The Labute approximate surface area is 145 Å². The number of halogens is 1. The summed E-state index contributed by atoms with van der Waals surface area (Å²) in [6.07, 6.45) is 2.09. The summed E-state index contributed by atoms with van der Waals surface area (Å²) in [5, 5.41) is 6.53. The van der Waals surface area contributed by atoms with Crippen LogP contribution in [0.15, 0.2) is 29.3 Å². The van der Waals surface area contributed by atoms with Gasteiger partial charge in [0.15, 0.2) is 5.96 Å². The molecule has 0 fully saturated rings. The summed E-state index contributed by atoms with van der Waals surface area (Å²) >= 11 is 0. The van der Waals surface area contributed by atoms with Gasteiger partial charge in [0.1, 0.15) is 0 Å². The quantitative estimate of drug-likeness (QED) is 0.303. The summed E-state index contributed by atoms with van der Waals surface area (Å²) in [6.45, 7) is 7.28. The van der Waals surface area contributed by atoms with E-state index in [1.807, 2.05) is 6.92 Å². The lowest BCUT2D eigenvalue weighted by atomic mass is 10.1. The highest BCUT2D eigenvalue weighted by molar-refractivity contribution is 14.0. The van der Waals surface area contributed by atoms with Gasteiger partial charge in [-0.1, -0.05) is 31.2 Å². The van der Waals surface area contributed by atoms with Gasteiger partial charge in [-0.2, -0.15) is 0 Å². The number of nitrogens with zero attached hydrogens (tertiary/aromatic N) is 1. The van der Waals surface area contributed by atoms with Gasteiger partial charge in [0.2, 0.25) is 0 Å². The minimum atomic E-state index is 0. The lowest BCUT2D eigenvalue weighted by Crippen LogP contribution is -2.39. The van der Waals surface area contributed by atoms with Gasteiger partial charge in [-0.05, 0) is 30.9 Å². The van der Waals surface area contributed by atoms with Crippen LogP contribution in [0.1, 0.15) is 25.0 Å². The maximum atomic E-state index is 5.28. The fourth-order valence-electron chi connectivity index (χ4n) is 1.87. The average molecular weight is 405 g/mol. The Kier molecular flexibility index (Phi) is 12.4. The van der Waals surface area contributed by atoms with Crippen LogP contribution in [0.5, 0.6) is 0 Å². The molecule has 0 saturated carbocycles. The molecule has 21 heavy (non-hydrogen) atoms. The molecule has 0 aromatic heterocycles. The Morgan fingerprint density at radius 2 is 1.67 bits per heavy atom. The highest BCUT2D eigenvalue weighted by atomic mass is 127. The second kappa shape index (κ2) is 12.9. The van der Waals surface area contributed by atoms with E-state index in [9.17, 15) is 0 Å². The lowest BCUT2D eigenvalue weighted by Gasteiger charge is -2.12. The molecule has 5 heteroatoms. The van der Waals surface area contributed by atoms with Crippen molar-refractivity contribution in [1.82, 2.24) is 10.6 Å². The highest BCUT2D eigenvalue weighted by Crippen LogP contribution is 2.05. The van der Waals surface area contributed by atoms with Crippen LogP contribution in [0.2, 0.25) is 0 Å². The molecule has 1 rings (SSSR count). The molecule has 0 spiro atoms. The Morgan fingerprint density at radius 1 is 1.05 bits per heavy atom. The molecule has 2 N–H and O–H groups in total. The first kappa shape index (κ1) is 20.2. The van der Waals surface area contributed by atoms with Crippen molar-refractivity contribution >= 4 is 29.9 Å². The molecule has 1 aromatic carbocycles. The molecule has 4 nitrogen and oxygen atoms in total. The van der Waals surface area contributed by atoms with Gasteiger partial charge >= 0.3 is 0 Å². The summed E-state index contributed by atoms with van der Waals surface area (Å²) in [5.74, 6) is 0.829. The SMILES string of the molecule is CCOCCNC(=NC)NCCc1ccc(CC)cc1.I. The number of hydrogen-bond donors (Lipinski definition) is 2. The third-order valence-corrected chi connectivity index (χ3v) is 3.10. The number of benzene rings is 1. The molecular weight excluding hydrogens is 377 g/mol. The zero-order valence-electron chi connectivity index (χ0n) is 13.3. The van der Waals surface area contributed by atoms with Crippen LogP contribution in [0.3, 0.4) is 0 Å². The topological polar surface area (TPSA) is 45.6 Å². The van der Waals surface area contributed by atoms with Gasteiger partial charge in [0.05, 0.1) is 6.61 Å². The maximum absolute atomic E-state index is 5.28. The maximum Gasteiger partial charge on any atom is 0.191 e. The van der Waals surface area contributed by atoms with Gasteiger partial charge in [-0.15, -0.1) is 24.0 Å². The van der Waals surface area contributed by atoms with Crippen molar-refractivity contribution < 1.29 is 4.74 Å². The van der Waals surface area contributed by atoms with Crippen LogP contribution in [0.25, 0.3) is 0 Å². The number of nitrogens with one attached hydrogen (secondary N) is 2. The predicted octanol–water partition coefficient (Wildman–Crippen LogP) is 2.61.